The minimum Gasteiger partial charge on any atom is -0.550 e. The van der Waals surface area contributed by atoms with Crippen LogP contribution in [0.2, 0.25) is 0 Å². The molecule has 0 saturated heterocycles. The van der Waals surface area contributed by atoms with Crippen LogP contribution in [0.15, 0.2) is 0 Å². The van der Waals surface area contributed by atoms with Crippen molar-refractivity contribution in [1.82, 2.24) is 5.32 Å². The molecule has 0 aliphatic carbocycles. The summed E-state index contributed by atoms with van der Waals surface area (Å²) in [5, 5.41) is 13.8. The monoisotopic (exact) mass is 398 g/mol. The molecule has 0 aliphatic rings. The Morgan fingerprint density at radius 1 is 0.786 bits per heavy atom. The molecule has 0 aliphatic heterocycles. The van der Waals surface area contributed by atoms with E-state index in [1.165, 1.54) is 70.6 Å². The molecule has 0 rings (SSSR count). The zero-order valence-electron chi connectivity index (χ0n) is 19.1. The lowest BCUT2D eigenvalue weighted by atomic mass is 10.0. The van der Waals surface area contributed by atoms with Crippen LogP contribution >= 0.6 is 0 Å². The van der Waals surface area contributed by atoms with Crippen LogP contribution in [0.5, 0.6) is 0 Å². The second kappa shape index (κ2) is 16.8. The number of hydrogen-bond acceptors (Lipinski definition) is 3. The standard InChI is InChI=1S/C23H46N2O3/c1-5-6-7-8-9-10-11-12-13-14-15-16-17-18-22(26)24-21(19-23(27)28)20-25(2,3)4/h21H,5-20H2,1-4H3,(H-,24,26,27,28). The fourth-order valence-electron chi connectivity index (χ4n) is 3.63. The van der Waals surface area contributed by atoms with Gasteiger partial charge in [-0.05, 0) is 6.42 Å². The van der Waals surface area contributed by atoms with Gasteiger partial charge in [-0.2, -0.15) is 0 Å². The second-order valence-corrected chi connectivity index (χ2v) is 9.31. The number of carboxylic acids is 1. The molecule has 0 saturated carbocycles. The predicted octanol–water partition coefficient (Wildman–Crippen LogP) is 3.80. The first-order chi connectivity index (χ1) is 13.2. The van der Waals surface area contributed by atoms with Crippen LogP contribution in [0.3, 0.4) is 0 Å². The quantitative estimate of drug-likeness (QED) is 0.266. The van der Waals surface area contributed by atoms with Crippen molar-refractivity contribution in [3.05, 3.63) is 0 Å². The fraction of sp³-hybridized carbons (Fsp3) is 0.913. The largest absolute Gasteiger partial charge is 0.550 e. The van der Waals surface area contributed by atoms with E-state index in [1.807, 2.05) is 21.1 Å². The summed E-state index contributed by atoms with van der Waals surface area (Å²) >= 11 is 0. The Balaban J connectivity index is 3.63. The maximum absolute atomic E-state index is 12.1. The number of rotatable bonds is 19. The summed E-state index contributed by atoms with van der Waals surface area (Å²) in [6.45, 7) is 2.84. The van der Waals surface area contributed by atoms with Gasteiger partial charge in [0.05, 0.1) is 33.7 Å². The highest BCUT2D eigenvalue weighted by atomic mass is 16.4. The number of carbonyl (C=O) groups is 2. The predicted molar refractivity (Wildman–Crippen MR) is 115 cm³/mol. The highest BCUT2D eigenvalue weighted by Crippen LogP contribution is 2.13. The van der Waals surface area contributed by atoms with Crippen LogP contribution in [0.1, 0.15) is 103 Å². The van der Waals surface area contributed by atoms with Crippen LogP contribution in [-0.2, 0) is 9.59 Å². The Morgan fingerprint density at radius 3 is 1.61 bits per heavy atom. The summed E-state index contributed by atoms with van der Waals surface area (Å²) in [6.07, 6.45) is 17.0. The molecule has 28 heavy (non-hydrogen) atoms. The van der Waals surface area contributed by atoms with Gasteiger partial charge in [-0.15, -0.1) is 0 Å². The Hall–Kier alpha value is -1.10. The van der Waals surface area contributed by atoms with Gasteiger partial charge in [0.2, 0.25) is 5.91 Å². The van der Waals surface area contributed by atoms with Gasteiger partial charge in [-0.25, -0.2) is 0 Å². The second-order valence-electron chi connectivity index (χ2n) is 9.31. The van der Waals surface area contributed by atoms with Crippen molar-refractivity contribution in [2.24, 2.45) is 0 Å². The van der Waals surface area contributed by atoms with E-state index >= 15 is 0 Å². The van der Waals surface area contributed by atoms with E-state index in [4.69, 9.17) is 0 Å². The third-order valence-corrected chi connectivity index (χ3v) is 5.05. The molecular weight excluding hydrogens is 352 g/mol. The SMILES string of the molecule is CCCCCCCCCCCCCCCC(=O)NC(CC(=O)[O-])C[N+](C)(C)C. The molecule has 0 bridgehead atoms. The molecule has 1 amide bonds. The maximum atomic E-state index is 12.1. The Bertz CT molecular complexity index is 405. The van der Waals surface area contributed by atoms with Crippen LogP contribution in [0.4, 0.5) is 0 Å². The smallest absolute Gasteiger partial charge is 0.220 e. The van der Waals surface area contributed by atoms with Crippen molar-refractivity contribution in [3.63, 3.8) is 0 Å². The first-order valence-corrected chi connectivity index (χ1v) is 11.5. The molecule has 0 radical (unpaired) electrons. The van der Waals surface area contributed by atoms with Crippen LogP contribution < -0.4 is 10.4 Å². The Kier molecular flexibility index (Phi) is 16.2. The van der Waals surface area contributed by atoms with Gasteiger partial charge in [-0.1, -0.05) is 84.0 Å². The average Bonchev–Trinajstić information content (AvgIpc) is 2.56. The van der Waals surface area contributed by atoms with E-state index < -0.39 is 5.97 Å². The minimum atomic E-state index is -1.11. The van der Waals surface area contributed by atoms with Crippen molar-refractivity contribution in [2.45, 2.75) is 109 Å². The van der Waals surface area contributed by atoms with Gasteiger partial charge >= 0.3 is 0 Å². The lowest BCUT2D eigenvalue weighted by Gasteiger charge is -2.30. The van der Waals surface area contributed by atoms with Gasteiger partial charge < -0.3 is 19.7 Å². The van der Waals surface area contributed by atoms with Gasteiger partial charge in [0, 0.05) is 18.8 Å². The van der Waals surface area contributed by atoms with Gasteiger partial charge in [-0.3, -0.25) is 4.79 Å². The zero-order chi connectivity index (χ0) is 21.3. The number of quaternary nitrogens is 1. The summed E-state index contributed by atoms with van der Waals surface area (Å²) in [6, 6.07) is -0.362. The van der Waals surface area contributed by atoms with Gasteiger partial charge in [0.15, 0.2) is 0 Å². The maximum Gasteiger partial charge on any atom is 0.220 e. The van der Waals surface area contributed by atoms with Gasteiger partial charge in [0.1, 0.15) is 0 Å². The average molecular weight is 399 g/mol. The third-order valence-electron chi connectivity index (χ3n) is 5.05. The summed E-state index contributed by atoms with van der Waals surface area (Å²) in [5.74, 6) is -1.15. The number of unbranched alkanes of at least 4 members (excludes halogenated alkanes) is 12. The van der Waals surface area contributed by atoms with Crippen molar-refractivity contribution >= 4 is 11.9 Å². The molecule has 1 unspecified atom stereocenters. The number of nitrogens with zero attached hydrogens (tertiary/aromatic N) is 1. The number of aliphatic carboxylic acids is 1. The summed E-state index contributed by atoms with van der Waals surface area (Å²) in [7, 11) is 5.96. The number of carbonyl (C=O) groups excluding carboxylic acids is 2. The van der Waals surface area contributed by atoms with E-state index in [1.54, 1.807) is 0 Å². The molecule has 0 aromatic rings. The van der Waals surface area contributed by atoms with Gasteiger partial charge in [0.25, 0.3) is 0 Å². The molecule has 0 spiro atoms. The molecule has 1 N–H and O–H groups in total. The lowest BCUT2D eigenvalue weighted by Crippen LogP contribution is -2.50. The Morgan fingerprint density at radius 2 is 1.21 bits per heavy atom. The molecular formula is C23H46N2O3. The van der Waals surface area contributed by atoms with Crippen molar-refractivity contribution in [3.8, 4) is 0 Å². The molecule has 5 heteroatoms. The van der Waals surface area contributed by atoms with Crippen LogP contribution in [0.25, 0.3) is 0 Å². The molecule has 0 heterocycles. The summed E-state index contributed by atoms with van der Waals surface area (Å²) < 4.78 is 0.608. The number of hydrogen-bond donors (Lipinski definition) is 1. The molecule has 1 atom stereocenters. The number of carboxylic acid groups (broad SMARTS) is 1. The highest BCUT2D eigenvalue weighted by molar-refractivity contribution is 5.77. The first-order valence-electron chi connectivity index (χ1n) is 11.5. The highest BCUT2D eigenvalue weighted by Gasteiger charge is 2.20. The molecule has 166 valence electrons. The topological polar surface area (TPSA) is 69.2 Å². The molecule has 0 aromatic carbocycles. The lowest BCUT2D eigenvalue weighted by molar-refractivity contribution is -0.871. The minimum absolute atomic E-state index is 0.0391. The van der Waals surface area contributed by atoms with Crippen molar-refractivity contribution in [2.75, 3.05) is 27.7 Å². The molecule has 5 nitrogen and oxygen atoms in total. The summed E-state index contributed by atoms with van der Waals surface area (Å²) in [4.78, 5) is 23.0. The van der Waals surface area contributed by atoms with E-state index in [0.29, 0.717) is 17.4 Å². The summed E-state index contributed by atoms with van der Waals surface area (Å²) in [5.41, 5.74) is 0. The van der Waals surface area contributed by atoms with Crippen LogP contribution in [-0.4, -0.2) is 50.1 Å². The van der Waals surface area contributed by atoms with E-state index in [-0.39, 0.29) is 18.4 Å². The van der Waals surface area contributed by atoms with E-state index in [0.717, 1.165) is 12.8 Å². The van der Waals surface area contributed by atoms with Crippen LogP contribution in [0, 0.1) is 0 Å². The van der Waals surface area contributed by atoms with Crippen molar-refractivity contribution < 1.29 is 19.2 Å². The fourth-order valence-corrected chi connectivity index (χ4v) is 3.63. The van der Waals surface area contributed by atoms with Crippen molar-refractivity contribution in [1.29, 1.82) is 0 Å². The first kappa shape index (κ1) is 26.9. The number of amides is 1. The van der Waals surface area contributed by atoms with E-state index in [2.05, 4.69) is 12.2 Å². The normalized spacial score (nSPS) is 12.7. The zero-order valence-corrected chi connectivity index (χ0v) is 19.1. The number of nitrogens with one attached hydrogen (secondary N) is 1. The van der Waals surface area contributed by atoms with E-state index in [9.17, 15) is 14.7 Å². The molecule has 0 fully saturated rings. The third kappa shape index (κ3) is 19.7. The molecule has 0 aromatic heterocycles. The Labute approximate surface area is 173 Å². The number of likely N-dealkylation sites (N-methyl/N-ethyl adjacent to an activating group) is 1.